The van der Waals surface area contributed by atoms with Crippen molar-refractivity contribution in [2.24, 2.45) is 11.3 Å². The molecule has 3 heteroatoms. The van der Waals surface area contributed by atoms with Gasteiger partial charge in [-0.1, -0.05) is 71.3 Å². The summed E-state index contributed by atoms with van der Waals surface area (Å²) in [5.41, 5.74) is 0.577. The number of unbranched alkanes of at least 4 members (excludes halogenated alkanes) is 9. The van der Waals surface area contributed by atoms with Crippen LogP contribution in [0.4, 0.5) is 0 Å². The molecule has 0 amide bonds. The summed E-state index contributed by atoms with van der Waals surface area (Å²) in [4.78, 5) is 11.9. The summed E-state index contributed by atoms with van der Waals surface area (Å²) in [5.74, 6) is 0.482. The van der Waals surface area contributed by atoms with Gasteiger partial charge in [0.25, 0.3) is 0 Å². The standard InChI is InChI=1S/C24H42O3/c1-4-5-6-7-8-9-10-11-12-13-16-26-19-24-15-14-21(18-24)17-22(24)27-23(25)20(2)3/h21-22H,2,4-19H2,1,3H3. The monoisotopic (exact) mass is 378 g/mol. The molecular formula is C24H42O3. The van der Waals surface area contributed by atoms with Crippen molar-refractivity contribution in [1.29, 1.82) is 0 Å². The molecule has 0 aliphatic heterocycles. The highest BCUT2D eigenvalue weighted by Gasteiger charge is 2.54. The quantitative estimate of drug-likeness (QED) is 0.183. The van der Waals surface area contributed by atoms with Gasteiger partial charge in [-0.05, 0) is 44.9 Å². The van der Waals surface area contributed by atoms with E-state index >= 15 is 0 Å². The van der Waals surface area contributed by atoms with Crippen LogP contribution < -0.4 is 0 Å². The largest absolute Gasteiger partial charge is 0.458 e. The topological polar surface area (TPSA) is 35.5 Å². The van der Waals surface area contributed by atoms with Crippen molar-refractivity contribution >= 4 is 5.97 Å². The zero-order valence-corrected chi connectivity index (χ0v) is 17.9. The van der Waals surface area contributed by atoms with Gasteiger partial charge in [0.1, 0.15) is 6.10 Å². The lowest BCUT2D eigenvalue weighted by Crippen LogP contribution is -2.38. The smallest absolute Gasteiger partial charge is 0.333 e. The maximum absolute atomic E-state index is 11.9. The summed E-state index contributed by atoms with van der Waals surface area (Å²) < 4.78 is 11.8. The van der Waals surface area contributed by atoms with Gasteiger partial charge in [-0.2, -0.15) is 0 Å². The lowest BCUT2D eigenvalue weighted by atomic mass is 9.82. The van der Waals surface area contributed by atoms with E-state index in [1.54, 1.807) is 6.92 Å². The second-order valence-electron chi connectivity index (χ2n) is 9.12. The number of hydrogen-bond donors (Lipinski definition) is 0. The van der Waals surface area contributed by atoms with Crippen LogP contribution in [0.2, 0.25) is 0 Å². The van der Waals surface area contributed by atoms with Crippen molar-refractivity contribution in [2.45, 2.75) is 110 Å². The van der Waals surface area contributed by atoms with E-state index in [1.807, 2.05) is 0 Å². The Kier molecular flexibility index (Phi) is 9.89. The van der Waals surface area contributed by atoms with E-state index in [2.05, 4.69) is 13.5 Å². The molecule has 0 saturated heterocycles. The number of rotatable bonds is 15. The predicted molar refractivity (Wildman–Crippen MR) is 112 cm³/mol. The molecule has 0 heterocycles. The van der Waals surface area contributed by atoms with Crippen molar-refractivity contribution < 1.29 is 14.3 Å². The molecule has 27 heavy (non-hydrogen) atoms. The van der Waals surface area contributed by atoms with Gasteiger partial charge in [0, 0.05) is 17.6 Å². The minimum Gasteiger partial charge on any atom is -0.458 e. The Labute approximate surface area is 167 Å². The van der Waals surface area contributed by atoms with Gasteiger partial charge in [0.05, 0.1) is 6.61 Å². The van der Waals surface area contributed by atoms with Gasteiger partial charge < -0.3 is 9.47 Å². The molecule has 0 aromatic carbocycles. The average molecular weight is 379 g/mol. The lowest BCUT2D eigenvalue weighted by molar-refractivity contribution is -0.153. The second kappa shape index (κ2) is 11.9. The van der Waals surface area contributed by atoms with Crippen molar-refractivity contribution in [2.75, 3.05) is 13.2 Å². The van der Waals surface area contributed by atoms with Gasteiger partial charge in [-0.15, -0.1) is 0 Å². The minimum atomic E-state index is -0.235. The predicted octanol–water partition coefficient (Wildman–Crippen LogP) is 6.60. The molecule has 3 nitrogen and oxygen atoms in total. The van der Waals surface area contributed by atoms with Gasteiger partial charge in [0.15, 0.2) is 0 Å². The molecular weight excluding hydrogens is 336 g/mol. The lowest BCUT2D eigenvalue weighted by Gasteiger charge is -2.34. The van der Waals surface area contributed by atoms with Crippen LogP contribution in [-0.4, -0.2) is 25.3 Å². The highest BCUT2D eigenvalue weighted by atomic mass is 16.5. The number of carbonyl (C=O) groups excluding carboxylic acids is 1. The van der Waals surface area contributed by atoms with Crippen LogP contribution in [0.15, 0.2) is 12.2 Å². The zero-order chi connectivity index (χ0) is 19.5. The van der Waals surface area contributed by atoms with E-state index in [0.717, 1.165) is 32.5 Å². The summed E-state index contributed by atoms with van der Waals surface area (Å²) in [6.45, 7) is 9.32. The van der Waals surface area contributed by atoms with Crippen LogP contribution in [0, 0.1) is 11.3 Å². The molecule has 2 aliphatic carbocycles. The molecule has 2 saturated carbocycles. The molecule has 2 fully saturated rings. The van der Waals surface area contributed by atoms with Crippen LogP contribution >= 0.6 is 0 Å². The van der Waals surface area contributed by atoms with E-state index in [4.69, 9.17) is 9.47 Å². The third-order valence-corrected chi connectivity index (χ3v) is 6.61. The van der Waals surface area contributed by atoms with Gasteiger partial charge in [-0.3, -0.25) is 0 Å². The molecule has 2 aliphatic rings. The van der Waals surface area contributed by atoms with Crippen molar-refractivity contribution in [3.05, 3.63) is 12.2 Å². The first-order valence-electron chi connectivity index (χ1n) is 11.5. The average Bonchev–Trinajstić information content (AvgIpc) is 3.20. The number of hydrogen-bond acceptors (Lipinski definition) is 3. The van der Waals surface area contributed by atoms with Gasteiger partial charge in [-0.25, -0.2) is 4.79 Å². The normalized spacial score (nSPS) is 26.4. The van der Waals surface area contributed by atoms with E-state index < -0.39 is 0 Å². The Morgan fingerprint density at radius 3 is 2.26 bits per heavy atom. The Morgan fingerprint density at radius 1 is 1.04 bits per heavy atom. The summed E-state index contributed by atoms with van der Waals surface area (Å²) in [6, 6.07) is 0. The fraction of sp³-hybridized carbons (Fsp3) is 0.875. The third-order valence-electron chi connectivity index (χ3n) is 6.61. The van der Waals surface area contributed by atoms with Crippen LogP contribution in [0.1, 0.15) is 104 Å². The van der Waals surface area contributed by atoms with E-state index in [-0.39, 0.29) is 17.5 Å². The molecule has 156 valence electrons. The van der Waals surface area contributed by atoms with Gasteiger partial charge >= 0.3 is 5.97 Å². The molecule has 0 N–H and O–H groups in total. The SMILES string of the molecule is C=C(C)C(=O)OC1CC2CCC1(COCCCCCCCCCCCC)C2. The summed E-state index contributed by atoms with van der Waals surface area (Å²) in [6.07, 6.45) is 18.1. The van der Waals surface area contributed by atoms with E-state index in [9.17, 15) is 4.79 Å². The Bertz CT molecular complexity index is 459. The molecule has 3 unspecified atom stereocenters. The zero-order valence-electron chi connectivity index (χ0n) is 17.9. The Balaban J connectivity index is 1.53. The number of esters is 1. The summed E-state index contributed by atoms with van der Waals surface area (Å²) >= 11 is 0. The van der Waals surface area contributed by atoms with Crippen molar-refractivity contribution in [3.8, 4) is 0 Å². The van der Waals surface area contributed by atoms with E-state index in [0.29, 0.717) is 11.5 Å². The first kappa shape index (κ1) is 22.5. The first-order valence-corrected chi connectivity index (χ1v) is 11.5. The molecule has 0 spiro atoms. The molecule has 0 aromatic heterocycles. The first-order chi connectivity index (χ1) is 13.1. The number of fused-ring (bicyclic) bond motifs is 2. The second-order valence-corrected chi connectivity index (χ2v) is 9.12. The van der Waals surface area contributed by atoms with Crippen LogP contribution in [-0.2, 0) is 14.3 Å². The molecule has 0 aromatic rings. The van der Waals surface area contributed by atoms with Crippen LogP contribution in [0.5, 0.6) is 0 Å². The molecule has 3 atom stereocenters. The Morgan fingerprint density at radius 2 is 1.67 bits per heavy atom. The number of carbonyl (C=O) groups is 1. The third kappa shape index (κ3) is 7.25. The highest BCUT2D eigenvalue weighted by Crippen LogP contribution is 2.55. The maximum Gasteiger partial charge on any atom is 0.333 e. The number of ether oxygens (including phenoxy) is 2. The molecule has 2 bridgehead atoms. The highest BCUT2D eigenvalue weighted by molar-refractivity contribution is 5.87. The minimum absolute atomic E-state index is 0.0353. The summed E-state index contributed by atoms with van der Waals surface area (Å²) in [5, 5.41) is 0. The van der Waals surface area contributed by atoms with Crippen LogP contribution in [0.3, 0.4) is 0 Å². The fourth-order valence-corrected chi connectivity index (χ4v) is 4.91. The van der Waals surface area contributed by atoms with Gasteiger partial charge in [0.2, 0.25) is 0 Å². The van der Waals surface area contributed by atoms with E-state index in [1.165, 1.54) is 70.6 Å². The maximum atomic E-state index is 11.9. The summed E-state index contributed by atoms with van der Waals surface area (Å²) in [7, 11) is 0. The molecule has 2 rings (SSSR count). The van der Waals surface area contributed by atoms with Crippen molar-refractivity contribution in [1.82, 2.24) is 0 Å². The van der Waals surface area contributed by atoms with Crippen molar-refractivity contribution in [3.63, 3.8) is 0 Å². The molecule has 0 radical (unpaired) electrons. The fourth-order valence-electron chi connectivity index (χ4n) is 4.91. The van der Waals surface area contributed by atoms with Crippen LogP contribution in [0.25, 0.3) is 0 Å². The Hall–Kier alpha value is -0.830.